The van der Waals surface area contributed by atoms with Crippen LogP contribution in [0, 0.1) is 6.01 Å². The summed E-state index contributed by atoms with van der Waals surface area (Å²) >= 11 is 0. The van der Waals surface area contributed by atoms with Gasteiger partial charge in [-0.1, -0.05) is 0 Å². The number of hydrogen-bond donors (Lipinski definition) is 0. The average molecular weight is 196 g/mol. The SMILES string of the molecule is CCOC(=O)C1=Cc2oc(F)cc2C1. The van der Waals surface area contributed by atoms with Crippen LogP contribution in [0.3, 0.4) is 0 Å². The van der Waals surface area contributed by atoms with E-state index < -0.39 is 6.01 Å². The van der Waals surface area contributed by atoms with Crippen molar-refractivity contribution in [2.45, 2.75) is 13.3 Å². The first kappa shape index (κ1) is 8.99. The second kappa shape index (κ2) is 3.29. The molecule has 74 valence electrons. The zero-order valence-corrected chi connectivity index (χ0v) is 7.67. The predicted octanol–water partition coefficient (Wildman–Crippen LogP) is 1.92. The Kier molecular flexibility index (Phi) is 2.11. The number of halogens is 1. The molecule has 0 spiro atoms. The van der Waals surface area contributed by atoms with Gasteiger partial charge in [0.15, 0.2) is 0 Å². The van der Waals surface area contributed by atoms with Gasteiger partial charge < -0.3 is 9.15 Å². The molecule has 3 nitrogen and oxygen atoms in total. The standard InChI is InChI=1S/C10H9FO3/c1-2-13-10(12)7-3-6-5-9(11)14-8(6)4-7/h4-5H,2-3H2,1H3. The summed E-state index contributed by atoms with van der Waals surface area (Å²) in [4.78, 5) is 11.3. The van der Waals surface area contributed by atoms with Gasteiger partial charge in [0.1, 0.15) is 5.76 Å². The number of ether oxygens (including phenoxy) is 1. The smallest absolute Gasteiger partial charge is 0.334 e. The molecule has 0 radical (unpaired) electrons. The summed E-state index contributed by atoms with van der Waals surface area (Å²) < 4.78 is 22.1. The number of fused-ring (bicyclic) bond motifs is 1. The Labute approximate surface area is 80.2 Å². The molecule has 1 aromatic heterocycles. The molecule has 0 atom stereocenters. The molecule has 0 saturated heterocycles. The Morgan fingerprint density at radius 3 is 3.14 bits per heavy atom. The van der Waals surface area contributed by atoms with Crippen LogP contribution in [0.5, 0.6) is 0 Å². The second-order valence-electron chi connectivity index (χ2n) is 3.01. The van der Waals surface area contributed by atoms with Gasteiger partial charge in [0.05, 0.1) is 6.61 Å². The van der Waals surface area contributed by atoms with Gasteiger partial charge in [-0.25, -0.2) is 4.79 Å². The van der Waals surface area contributed by atoms with Crippen LogP contribution >= 0.6 is 0 Å². The third-order valence-corrected chi connectivity index (χ3v) is 2.04. The van der Waals surface area contributed by atoms with E-state index in [9.17, 15) is 9.18 Å². The third kappa shape index (κ3) is 1.43. The molecule has 1 heterocycles. The van der Waals surface area contributed by atoms with E-state index in [1.54, 1.807) is 6.92 Å². The van der Waals surface area contributed by atoms with Gasteiger partial charge in [-0.2, -0.15) is 4.39 Å². The summed E-state index contributed by atoms with van der Waals surface area (Å²) in [7, 11) is 0. The number of carbonyl (C=O) groups excluding carboxylic acids is 1. The Morgan fingerprint density at radius 2 is 2.50 bits per heavy atom. The Hall–Kier alpha value is -1.58. The lowest BCUT2D eigenvalue weighted by atomic mass is 10.2. The quantitative estimate of drug-likeness (QED) is 0.678. The second-order valence-corrected chi connectivity index (χ2v) is 3.01. The molecule has 0 fully saturated rings. The zero-order valence-electron chi connectivity index (χ0n) is 7.67. The summed E-state index contributed by atoms with van der Waals surface area (Å²) in [5.41, 5.74) is 1.21. The maximum atomic E-state index is 12.6. The van der Waals surface area contributed by atoms with Crippen LogP contribution in [-0.2, 0) is 16.0 Å². The van der Waals surface area contributed by atoms with Gasteiger partial charge in [-0.05, 0) is 13.0 Å². The minimum Gasteiger partial charge on any atom is -0.463 e. The zero-order chi connectivity index (χ0) is 10.1. The first-order chi connectivity index (χ1) is 6.70. The van der Waals surface area contributed by atoms with Crippen molar-refractivity contribution in [3.05, 3.63) is 29.0 Å². The normalized spacial score (nSPS) is 13.7. The van der Waals surface area contributed by atoms with Gasteiger partial charge in [0.2, 0.25) is 0 Å². The van der Waals surface area contributed by atoms with Crippen LogP contribution in [-0.4, -0.2) is 12.6 Å². The molecule has 0 N–H and O–H groups in total. The van der Waals surface area contributed by atoms with E-state index in [2.05, 4.69) is 0 Å². The summed E-state index contributed by atoms with van der Waals surface area (Å²) in [6.07, 6.45) is 1.91. The highest BCUT2D eigenvalue weighted by molar-refractivity contribution is 5.95. The molecule has 0 saturated carbocycles. The average Bonchev–Trinajstić information content (AvgIpc) is 2.61. The minimum atomic E-state index is -0.617. The van der Waals surface area contributed by atoms with Crippen LogP contribution in [0.15, 0.2) is 16.1 Å². The van der Waals surface area contributed by atoms with Crippen LogP contribution in [0.25, 0.3) is 6.08 Å². The van der Waals surface area contributed by atoms with Crippen molar-refractivity contribution in [2.75, 3.05) is 6.61 Å². The van der Waals surface area contributed by atoms with Crippen molar-refractivity contribution < 1.29 is 18.3 Å². The lowest BCUT2D eigenvalue weighted by molar-refractivity contribution is -0.138. The topological polar surface area (TPSA) is 39.4 Å². The predicted molar refractivity (Wildman–Crippen MR) is 47.0 cm³/mol. The summed E-state index contributed by atoms with van der Waals surface area (Å²) in [5.74, 6) is 0.0601. The molecular weight excluding hydrogens is 187 g/mol. The first-order valence-electron chi connectivity index (χ1n) is 4.36. The molecule has 1 aromatic rings. The van der Waals surface area contributed by atoms with Gasteiger partial charge in [0.25, 0.3) is 6.01 Å². The fourth-order valence-corrected chi connectivity index (χ4v) is 1.44. The first-order valence-corrected chi connectivity index (χ1v) is 4.36. The van der Waals surface area contributed by atoms with Crippen molar-refractivity contribution in [1.82, 2.24) is 0 Å². The van der Waals surface area contributed by atoms with Crippen LogP contribution in [0.2, 0.25) is 0 Å². The maximum Gasteiger partial charge on any atom is 0.334 e. The van der Waals surface area contributed by atoms with E-state index >= 15 is 0 Å². The molecule has 14 heavy (non-hydrogen) atoms. The minimum absolute atomic E-state index is 0.339. The maximum absolute atomic E-state index is 12.6. The molecular formula is C10H9FO3. The number of rotatable bonds is 2. The van der Waals surface area contributed by atoms with E-state index in [1.165, 1.54) is 12.1 Å². The van der Waals surface area contributed by atoms with Gasteiger partial charge in [-0.15, -0.1) is 0 Å². The molecule has 0 amide bonds. The fourth-order valence-electron chi connectivity index (χ4n) is 1.44. The number of esters is 1. The molecule has 2 rings (SSSR count). The van der Waals surface area contributed by atoms with Crippen LogP contribution in [0.1, 0.15) is 18.2 Å². The lowest BCUT2D eigenvalue weighted by Gasteiger charge is -2.00. The van der Waals surface area contributed by atoms with Crippen molar-refractivity contribution in [3.63, 3.8) is 0 Å². The Bertz CT molecular complexity index is 403. The fraction of sp³-hybridized carbons (Fsp3) is 0.300. The molecule has 0 aromatic carbocycles. The van der Waals surface area contributed by atoms with Crippen molar-refractivity contribution >= 4 is 12.0 Å². The van der Waals surface area contributed by atoms with Crippen molar-refractivity contribution in [1.29, 1.82) is 0 Å². The van der Waals surface area contributed by atoms with Crippen LogP contribution in [0.4, 0.5) is 4.39 Å². The van der Waals surface area contributed by atoms with Crippen molar-refractivity contribution in [2.24, 2.45) is 0 Å². The highest BCUT2D eigenvalue weighted by Gasteiger charge is 2.23. The third-order valence-electron chi connectivity index (χ3n) is 2.04. The molecule has 1 aliphatic rings. The summed E-state index contributed by atoms with van der Waals surface area (Å²) in [6.45, 7) is 2.08. The van der Waals surface area contributed by atoms with Gasteiger partial charge >= 0.3 is 5.97 Å². The highest BCUT2D eigenvalue weighted by atomic mass is 19.1. The molecule has 0 bridgehead atoms. The number of furan rings is 1. The van der Waals surface area contributed by atoms with Gasteiger partial charge in [-0.3, -0.25) is 0 Å². The summed E-state index contributed by atoms with van der Waals surface area (Å²) in [5, 5.41) is 0. The largest absolute Gasteiger partial charge is 0.463 e. The number of hydrogen-bond acceptors (Lipinski definition) is 3. The lowest BCUT2D eigenvalue weighted by Crippen LogP contribution is -2.07. The monoisotopic (exact) mass is 196 g/mol. The van der Waals surface area contributed by atoms with Gasteiger partial charge in [0, 0.05) is 23.6 Å². The van der Waals surface area contributed by atoms with E-state index in [0.717, 1.165) is 0 Å². The Morgan fingerprint density at radius 1 is 1.71 bits per heavy atom. The van der Waals surface area contributed by atoms with Crippen molar-refractivity contribution in [3.8, 4) is 0 Å². The van der Waals surface area contributed by atoms with E-state index in [-0.39, 0.29) is 5.97 Å². The van der Waals surface area contributed by atoms with E-state index in [0.29, 0.717) is 29.9 Å². The highest BCUT2D eigenvalue weighted by Crippen LogP contribution is 2.27. The molecule has 1 aliphatic carbocycles. The molecule has 0 unspecified atom stereocenters. The van der Waals surface area contributed by atoms with E-state index in [4.69, 9.17) is 9.15 Å². The van der Waals surface area contributed by atoms with E-state index in [1.807, 2.05) is 0 Å². The molecule has 0 aliphatic heterocycles. The summed E-state index contributed by atoms with van der Waals surface area (Å²) in [6, 6.07) is 0.673. The van der Waals surface area contributed by atoms with Crippen LogP contribution < -0.4 is 0 Å². The number of carbonyl (C=O) groups is 1. The molecule has 4 heteroatoms. The Balaban J connectivity index is 2.18.